The van der Waals surface area contributed by atoms with E-state index in [-0.39, 0.29) is 11.9 Å². The molecule has 1 aromatic carbocycles. The Morgan fingerprint density at radius 1 is 1.43 bits per heavy atom. The molecule has 21 heavy (non-hydrogen) atoms. The second-order valence-electron chi connectivity index (χ2n) is 5.86. The van der Waals surface area contributed by atoms with Gasteiger partial charge in [0.25, 0.3) is 0 Å². The second-order valence-corrected chi connectivity index (χ2v) is 5.86. The minimum atomic E-state index is -0.124. The normalized spacial score (nSPS) is 16.0. The van der Waals surface area contributed by atoms with Crippen LogP contribution in [0.25, 0.3) is 0 Å². The van der Waals surface area contributed by atoms with Crippen LogP contribution in [0.15, 0.2) is 12.1 Å². The smallest absolute Gasteiger partial charge is 0.126 e. The molecule has 1 unspecified atom stereocenters. The van der Waals surface area contributed by atoms with Crippen LogP contribution in [-0.4, -0.2) is 32.8 Å². The first-order valence-corrected chi connectivity index (χ1v) is 7.87. The van der Waals surface area contributed by atoms with Crippen molar-refractivity contribution in [1.29, 1.82) is 0 Å². The van der Waals surface area contributed by atoms with Crippen molar-refractivity contribution < 1.29 is 9.13 Å². The van der Waals surface area contributed by atoms with Crippen LogP contribution in [-0.2, 0) is 4.74 Å². The molecule has 118 valence electrons. The topological polar surface area (TPSA) is 24.5 Å². The van der Waals surface area contributed by atoms with Crippen LogP contribution >= 0.6 is 0 Å². The maximum atomic E-state index is 14.0. The summed E-state index contributed by atoms with van der Waals surface area (Å²) in [6.07, 6.45) is 2.43. The van der Waals surface area contributed by atoms with Crippen LogP contribution in [0.1, 0.15) is 43.9 Å². The number of aryl methyl sites for hydroxylation is 1. The van der Waals surface area contributed by atoms with Crippen LogP contribution in [0.2, 0.25) is 0 Å². The Kier molecular flexibility index (Phi) is 5.59. The Hall–Kier alpha value is -1.13. The molecule has 1 N–H and O–H groups in total. The van der Waals surface area contributed by atoms with E-state index in [1.807, 2.05) is 13.0 Å². The molecule has 0 spiro atoms. The summed E-state index contributed by atoms with van der Waals surface area (Å²) in [7, 11) is 1.73. The molecule has 1 fully saturated rings. The molecule has 3 nitrogen and oxygen atoms in total. The Labute approximate surface area is 127 Å². The van der Waals surface area contributed by atoms with E-state index in [1.165, 1.54) is 12.8 Å². The number of benzene rings is 1. The zero-order valence-electron chi connectivity index (χ0n) is 13.6. The van der Waals surface area contributed by atoms with Crippen molar-refractivity contribution in [2.45, 2.75) is 45.7 Å². The maximum Gasteiger partial charge on any atom is 0.126 e. The number of hydrogen-bond donors (Lipinski definition) is 1. The number of anilines is 1. The highest BCUT2D eigenvalue weighted by Gasteiger charge is 2.31. The molecule has 0 bridgehead atoms. The predicted molar refractivity (Wildman–Crippen MR) is 85.5 cm³/mol. The highest BCUT2D eigenvalue weighted by atomic mass is 19.1. The predicted octanol–water partition coefficient (Wildman–Crippen LogP) is 3.42. The fraction of sp³-hybridized carbons (Fsp3) is 0.647. The van der Waals surface area contributed by atoms with Crippen LogP contribution in [0.3, 0.4) is 0 Å². The van der Waals surface area contributed by atoms with Crippen LogP contribution in [0.5, 0.6) is 0 Å². The van der Waals surface area contributed by atoms with Gasteiger partial charge in [-0.1, -0.05) is 6.92 Å². The van der Waals surface area contributed by atoms with E-state index >= 15 is 0 Å². The average molecular weight is 294 g/mol. The number of nitrogens with zero attached hydrogens (tertiary/aromatic N) is 1. The molecule has 1 saturated carbocycles. The van der Waals surface area contributed by atoms with E-state index in [9.17, 15) is 4.39 Å². The van der Waals surface area contributed by atoms with Gasteiger partial charge in [-0.3, -0.25) is 0 Å². The van der Waals surface area contributed by atoms with Gasteiger partial charge in [0.15, 0.2) is 0 Å². The van der Waals surface area contributed by atoms with Gasteiger partial charge in [-0.15, -0.1) is 0 Å². The van der Waals surface area contributed by atoms with Crippen molar-refractivity contribution in [1.82, 2.24) is 5.32 Å². The third kappa shape index (κ3) is 3.95. The molecular weight excluding hydrogens is 267 g/mol. The van der Waals surface area contributed by atoms with Gasteiger partial charge in [-0.25, -0.2) is 4.39 Å². The van der Waals surface area contributed by atoms with Gasteiger partial charge in [0, 0.05) is 31.4 Å². The number of nitrogens with one attached hydrogen (secondary N) is 1. The molecule has 0 amide bonds. The molecule has 0 radical (unpaired) electrons. The first kappa shape index (κ1) is 16.2. The Bertz CT molecular complexity index is 474. The van der Waals surface area contributed by atoms with Crippen molar-refractivity contribution in [3.63, 3.8) is 0 Å². The van der Waals surface area contributed by atoms with Crippen molar-refractivity contribution in [3.05, 3.63) is 29.1 Å². The molecule has 1 atom stereocenters. The lowest BCUT2D eigenvalue weighted by Crippen LogP contribution is -2.32. The Morgan fingerprint density at radius 2 is 2.14 bits per heavy atom. The standard InChI is InChI=1S/C17H27FN2O/c1-5-19-13(3)15-11-16(18)12(2)10-17(15)20(8-9-21-4)14-6-7-14/h10-11,13-14,19H,5-9H2,1-4H3. The van der Waals surface area contributed by atoms with Gasteiger partial charge in [-0.2, -0.15) is 0 Å². The molecule has 0 heterocycles. The third-order valence-electron chi connectivity index (χ3n) is 4.12. The largest absolute Gasteiger partial charge is 0.383 e. The lowest BCUT2D eigenvalue weighted by atomic mass is 10.0. The zero-order valence-corrected chi connectivity index (χ0v) is 13.6. The highest BCUT2D eigenvalue weighted by Crippen LogP contribution is 2.36. The van der Waals surface area contributed by atoms with Gasteiger partial charge in [0.1, 0.15) is 5.82 Å². The van der Waals surface area contributed by atoms with E-state index < -0.39 is 0 Å². The van der Waals surface area contributed by atoms with Gasteiger partial charge < -0.3 is 15.0 Å². The molecule has 0 saturated heterocycles. The van der Waals surface area contributed by atoms with Crippen molar-refractivity contribution in [2.75, 3.05) is 31.7 Å². The fourth-order valence-electron chi connectivity index (χ4n) is 2.77. The van der Waals surface area contributed by atoms with Gasteiger partial charge in [0.2, 0.25) is 0 Å². The molecule has 1 aliphatic rings. The summed E-state index contributed by atoms with van der Waals surface area (Å²) < 4.78 is 19.3. The summed E-state index contributed by atoms with van der Waals surface area (Å²) in [6.45, 7) is 8.43. The van der Waals surface area contributed by atoms with Crippen molar-refractivity contribution >= 4 is 5.69 Å². The van der Waals surface area contributed by atoms with Gasteiger partial charge in [-0.05, 0) is 56.5 Å². The van der Waals surface area contributed by atoms with Crippen LogP contribution < -0.4 is 10.2 Å². The number of rotatable bonds is 8. The molecule has 0 aliphatic heterocycles. The number of hydrogen-bond acceptors (Lipinski definition) is 3. The fourth-order valence-corrected chi connectivity index (χ4v) is 2.77. The van der Waals surface area contributed by atoms with Crippen molar-refractivity contribution in [3.8, 4) is 0 Å². The van der Waals surface area contributed by atoms with E-state index in [0.717, 1.165) is 24.3 Å². The first-order valence-electron chi connectivity index (χ1n) is 7.87. The lowest BCUT2D eigenvalue weighted by Gasteiger charge is -2.29. The molecule has 2 rings (SSSR count). The van der Waals surface area contributed by atoms with Gasteiger partial charge >= 0.3 is 0 Å². The number of halogens is 1. The number of methoxy groups -OCH3 is 1. The summed E-state index contributed by atoms with van der Waals surface area (Å²) >= 11 is 0. The van der Waals surface area contributed by atoms with E-state index in [4.69, 9.17) is 4.74 Å². The van der Waals surface area contributed by atoms with E-state index in [1.54, 1.807) is 13.2 Å². The zero-order chi connectivity index (χ0) is 15.4. The minimum Gasteiger partial charge on any atom is -0.383 e. The summed E-state index contributed by atoms with van der Waals surface area (Å²) in [5.41, 5.74) is 2.91. The average Bonchev–Trinajstić information content (AvgIpc) is 3.27. The van der Waals surface area contributed by atoms with Crippen LogP contribution in [0, 0.1) is 12.7 Å². The first-order chi connectivity index (χ1) is 10.1. The summed E-state index contributed by atoms with van der Waals surface area (Å²) in [6, 6.07) is 4.41. The highest BCUT2D eigenvalue weighted by molar-refractivity contribution is 5.58. The molecule has 1 aliphatic carbocycles. The van der Waals surface area contributed by atoms with E-state index in [2.05, 4.69) is 24.1 Å². The molecular formula is C17H27FN2O. The van der Waals surface area contributed by atoms with Crippen LogP contribution in [0.4, 0.5) is 10.1 Å². The number of ether oxygens (including phenoxy) is 1. The SMILES string of the molecule is CCNC(C)c1cc(F)c(C)cc1N(CCOC)C1CC1. The lowest BCUT2D eigenvalue weighted by molar-refractivity contribution is 0.205. The summed E-state index contributed by atoms with van der Waals surface area (Å²) in [5.74, 6) is -0.124. The molecule has 1 aromatic rings. The minimum absolute atomic E-state index is 0.124. The Balaban J connectivity index is 2.35. The summed E-state index contributed by atoms with van der Waals surface area (Å²) in [4.78, 5) is 2.39. The Morgan fingerprint density at radius 3 is 2.71 bits per heavy atom. The summed E-state index contributed by atoms with van der Waals surface area (Å²) in [5, 5.41) is 3.39. The van der Waals surface area contributed by atoms with Crippen molar-refractivity contribution in [2.24, 2.45) is 0 Å². The molecule has 0 aromatic heterocycles. The van der Waals surface area contributed by atoms with E-state index in [0.29, 0.717) is 18.2 Å². The third-order valence-corrected chi connectivity index (χ3v) is 4.12. The molecule has 4 heteroatoms. The monoisotopic (exact) mass is 294 g/mol. The second kappa shape index (κ2) is 7.23. The maximum absolute atomic E-state index is 14.0. The quantitative estimate of drug-likeness (QED) is 0.795. The van der Waals surface area contributed by atoms with Gasteiger partial charge in [0.05, 0.1) is 6.61 Å².